The quantitative estimate of drug-likeness (QED) is 0.0963. The van der Waals surface area contributed by atoms with Crippen LogP contribution in [-0.4, -0.2) is 55.1 Å². The zero-order valence-corrected chi connectivity index (χ0v) is 32.2. The highest BCUT2D eigenvalue weighted by Crippen LogP contribution is 2.40. The highest BCUT2D eigenvalue weighted by Gasteiger charge is 2.33. The van der Waals surface area contributed by atoms with Gasteiger partial charge in [-0.2, -0.15) is 0 Å². The molecule has 0 amide bonds. The van der Waals surface area contributed by atoms with Crippen LogP contribution in [0.5, 0.6) is 0 Å². The van der Waals surface area contributed by atoms with Crippen LogP contribution in [0.2, 0.25) is 20.9 Å². The molecule has 2 aliphatic carbocycles. The molecule has 281 valence electrons. The molecule has 54 heavy (non-hydrogen) atoms. The summed E-state index contributed by atoms with van der Waals surface area (Å²) in [5.41, 5.74) is 10.0. The number of rotatable bonds is 1. The number of fused-ring (bicyclic) bond motifs is 4. The molecule has 10 nitrogen and oxygen atoms in total. The third-order valence-electron chi connectivity index (χ3n) is 8.63. The van der Waals surface area contributed by atoms with Crippen LogP contribution >= 0.6 is 46.4 Å². The molecule has 5 aromatic rings. The van der Waals surface area contributed by atoms with Crippen molar-refractivity contribution in [2.24, 2.45) is 0 Å². The van der Waals surface area contributed by atoms with Crippen molar-refractivity contribution < 1.29 is 14.7 Å². The summed E-state index contributed by atoms with van der Waals surface area (Å²) in [7, 11) is 0. The minimum absolute atomic E-state index is 0. The van der Waals surface area contributed by atoms with Gasteiger partial charge in [-0.3, -0.25) is 19.5 Å². The average molecular weight is 808 g/mol. The number of aryl methyl sites for hydroxylation is 3. The van der Waals surface area contributed by atoms with E-state index in [0.29, 0.717) is 28.6 Å². The molecule has 2 N–H and O–H groups in total. The second-order valence-electron chi connectivity index (χ2n) is 12.2. The van der Waals surface area contributed by atoms with E-state index in [0.717, 1.165) is 86.1 Å². The maximum Gasteiger partial charge on any atom is 0.300 e. The van der Waals surface area contributed by atoms with Crippen molar-refractivity contribution in [1.29, 1.82) is 0 Å². The fourth-order valence-corrected chi connectivity index (χ4v) is 7.25. The number of nitrogens with zero attached hydrogens (tertiary/aromatic N) is 6. The normalized spacial score (nSPS) is 15.3. The molecule has 2 aliphatic heterocycles. The number of hydrogen-bond donors (Lipinski definition) is 2. The van der Waals surface area contributed by atoms with E-state index < -0.39 is 5.97 Å². The SMILES string of the molecule is C.CC(=O)O.Cc1ccccn1.Clc1nc(Cl)c2c(n1)CN(C1CCc3ccccc31)C2.Clc1nc(Cl)c2c(n1)CNC2.O=C1CCc2ccccc21.[B]. The number of ketones is 1. The maximum atomic E-state index is 11.1. The van der Waals surface area contributed by atoms with E-state index in [1.807, 2.05) is 49.4 Å². The number of carbonyl (C=O) groups is 2. The van der Waals surface area contributed by atoms with E-state index in [9.17, 15) is 4.79 Å². The highest BCUT2D eigenvalue weighted by atomic mass is 35.5. The van der Waals surface area contributed by atoms with Gasteiger partial charge in [0.2, 0.25) is 10.6 Å². The van der Waals surface area contributed by atoms with Crippen LogP contribution in [-0.2, 0) is 43.8 Å². The summed E-state index contributed by atoms with van der Waals surface area (Å²) >= 11 is 23.5. The minimum Gasteiger partial charge on any atom is -0.481 e. The number of halogens is 4. The van der Waals surface area contributed by atoms with Crippen LogP contribution in [0, 0.1) is 6.92 Å². The van der Waals surface area contributed by atoms with Gasteiger partial charge in [0.25, 0.3) is 5.97 Å². The van der Waals surface area contributed by atoms with Gasteiger partial charge in [0.1, 0.15) is 10.3 Å². The van der Waals surface area contributed by atoms with Gasteiger partial charge >= 0.3 is 0 Å². The standard InChI is InChI=1S/C15H13Cl2N3.C9H8O.C6H5Cl2N3.C6H7N.C2H4O2.CH4.B/c16-14-11-7-20(8-12(11)18-15(17)19-14)13-6-5-9-3-1-2-4-10(9)13;10-9-6-5-7-3-1-2-4-8(7)9;7-5-3-1-9-2-4(3)10-6(8)11-5;1-6-4-2-3-5-7-6;1-2(3)4;;/h1-4,13H,5-8H2;1-4H,5-6H2;9H,1-2H2;2-5H,1H3;1H3,(H,3,4);1H4;. The Morgan fingerprint density at radius 3 is 2.02 bits per heavy atom. The Balaban J connectivity index is 0.000000198. The van der Waals surface area contributed by atoms with Crippen LogP contribution in [0.3, 0.4) is 0 Å². The lowest BCUT2D eigenvalue weighted by atomic mass is 10.1. The zero-order valence-electron chi connectivity index (χ0n) is 29.2. The van der Waals surface area contributed by atoms with Gasteiger partial charge in [-0.25, -0.2) is 19.9 Å². The molecular formula is C39H41BCl4N7O3. The molecule has 3 aromatic heterocycles. The Hall–Kier alpha value is -3.97. The minimum atomic E-state index is -0.833. The summed E-state index contributed by atoms with van der Waals surface area (Å²) in [6.45, 7) is 6.14. The van der Waals surface area contributed by atoms with Gasteiger partial charge < -0.3 is 10.4 Å². The number of aliphatic carboxylic acids is 1. The largest absolute Gasteiger partial charge is 0.481 e. The number of nitrogens with one attached hydrogen (secondary N) is 1. The van der Waals surface area contributed by atoms with Crippen molar-refractivity contribution >= 4 is 66.6 Å². The zero-order chi connectivity index (χ0) is 37.2. The molecule has 5 heterocycles. The third kappa shape index (κ3) is 12.0. The Kier molecular flexibility index (Phi) is 17.5. The molecule has 3 radical (unpaired) electrons. The number of pyridine rings is 1. The average Bonchev–Trinajstić information content (AvgIpc) is 3.92. The van der Waals surface area contributed by atoms with Crippen molar-refractivity contribution in [1.82, 2.24) is 35.1 Å². The molecule has 2 aromatic carbocycles. The highest BCUT2D eigenvalue weighted by molar-refractivity contribution is 6.32. The second kappa shape index (κ2) is 21.2. The number of aromatic nitrogens is 5. The topological polar surface area (TPSA) is 134 Å². The molecule has 1 unspecified atom stereocenters. The summed E-state index contributed by atoms with van der Waals surface area (Å²) < 4.78 is 0. The first-order valence-corrected chi connectivity index (χ1v) is 18.1. The summed E-state index contributed by atoms with van der Waals surface area (Å²) in [6, 6.07) is 22.8. The number of carbonyl (C=O) groups excluding carboxylic acids is 1. The number of Topliss-reactive ketones (excluding diaryl/α,β-unsaturated/α-hetero) is 1. The van der Waals surface area contributed by atoms with E-state index in [-0.39, 0.29) is 26.4 Å². The maximum absolute atomic E-state index is 11.1. The van der Waals surface area contributed by atoms with Crippen LogP contribution in [0.4, 0.5) is 0 Å². The monoisotopic (exact) mass is 806 g/mol. The molecule has 4 aliphatic rings. The summed E-state index contributed by atoms with van der Waals surface area (Å²) in [5.74, 6) is -0.532. The molecule has 1 atom stereocenters. The number of benzene rings is 2. The predicted molar refractivity (Wildman–Crippen MR) is 215 cm³/mol. The fourth-order valence-electron chi connectivity index (χ4n) is 6.28. The molecular weight excluding hydrogens is 767 g/mol. The second-order valence-corrected chi connectivity index (χ2v) is 13.6. The molecule has 0 saturated heterocycles. The number of carboxylic acids is 1. The Bertz CT molecular complexity index is 2040. The fraction of sp³-hybridized carbons (Fsp3) is 0.308. The van der Waals surface area contributed by atoms with Crippen LogP contribution in [0.1, 0.15) is 88.5 Å². The molecule has 15 heteroatoms. The molecule has 0 bridgehead atoms. The first kappa shape index (κ1) is 44.4. The van der Waals surface area contributed by atoms with E-state index in [1.54, 1.807) is 6.20 Å². The lowest BCUT2D eigenvalue weighted by Crippen LogP contribution is -2.21. The van der Waals surface area contributed by atoms with Gasteiger partial charge in [-0.15, -0.1) is 0 Å². The van der Waals surface area contributed by atoms with E-state index in [2.05, 4.69) is 59.4 Å². The summed E-state index contributed by atoms with van der Waals surface area (Å²) in [5, 5.41) is 11.9. The molecule has 9 rings (SSSR count). The number of hydrogen-bond acceptors (Lipinski definition) is 9. The molecule has 0 spiro atoms. The van der Waals surface area contributed by atoms with E-state index in [4.69, 9.17) is 56.3 Å². The lowest BCUT2D eigenvalue weighted by Gasteiger charge is -2.23. The Labute approximate surface area is 338 Å². The van der Waals surface area contributed by atoms with Gasteiger partial charge in [0.15, 0.2) is 5.78 Å². The first-order chi connectivity index (χ1) is 25.0. The van der Waals surface area contributed by atoms with Gasteiger partial charge in [0.05, 0.1) is 11.4 Å². The smallest absolute Gasteiger partial charge is 0.300 e. The Morgan fingerprint density at radius 2 is 1.39 bits per heavy atom. The summed E-state index contributed by atoms with van der Waals surface area (Å²) in [4.78, 5) is 42.7. The molecule has 0 saturated carbocycles. The van der Waals surface area contributed by atoms with Crippen LogP contribution < -0.4 is 5.32 Å². The van der Waals surface area contributed by atoms with E-state index >= 15 is 0 Å². The van der Waals surface area contributed by atoms with Crippen molar-refractivity contribution in [3.63, 3.8) is 0 Å². The summed E-state index contributed by atoms with van der Waals surface area (Å²) in [6.07, 6.45) is 5.74. The molecule has 0 fully saturated rings. The van der Waals surface area contributed by atoms with Crippen molar-refractivity contribution in [3.8, 4) is 0 Å². The third-order valence-corrected chi connectivity index (χ3v) is 9.60. The van der Waals surface area contributed by atoms with Crippen molar-refractivity contribution in [3.05, 3.63) is 144 Å². The van der Waals surface area contributed by atoms with Crippen LogP contribution in [0.15, 0.2) is 72.9 Å². The first-order valence-electron chi connectivity index (χ1n) is 16.6. The van der Waals surface area contributed by atoms with Crippen LogP contribution in [0.25, 0.3) is 0 Å². The van der Waals surface area contributed by atoms with Gasteiger partial charge in [-0.1, -0.05) is 85.2 Å². The predicted octanol–water partition coefficient (Wildman–Crippen LogP) is 8.72. The van der Waals surface area contributed by atoms with Gasteiger partial charge in [0, 0.05) is 82.6 Å². The number of carboxylic acid groups (broad SMARTS) is 1. The lowest BCUT2D eigenvalue weighted by molar-refractivity contribution is -0.134. The van der Waals surface area contributed by atoms with Gasteiger partial charge in [-0.05, 0) is 78.2 Å². The van der Waals surface area contributed by atoms with Crippen molar-refractivity contribution in [2.75, 3.05) is 0 Å². The van der Waals surface area contributed by atoms with Crippen molar-refractivity contribution in [2.45, 2.75) is 79.2 Å². The van der Waals surface area contributed by atoms with E-state index in [1.165, 1.54) is 16.7 Å². The Morgan fingerprint density at radius 1 is 0.778 bits per heavy atom.